The van der Waals surface area contributed by atoms with Crippen molar-refractivity contribution in [3.05, 3.63) is 114 Å². The Morgan fingerprint density at radius 1 is 1.15 bits per heavy atom. The maximum absolute atomic E-state index is 14.8. The van der Waals surface area contributed by atoms with E-state index in [0.29, 0.717) is 17.7 Å². The van der Waals surface area contributed by atoms with Crippen LogP contribution in [0, 0.1) is 17.7 Å². The van der Waals surface area contributed by atoms with Gasteiger partial charge in [0, 0.05) is 30.1 Å². The Kier molecular flexibility index (Phi) is 12.2. The van der Waals surface area contributed by atoms with Gasteiger partial charge >= 0.3 is 5.97 Å². The van der Waals surface area contributed by atoms with Crippen LogP contribution in [0.3, 0.4) is 0 Å². The summed E-state index contributed by atoms with van der Waals surface area (Å²) in [5.74, 6) is 3.27. The van der Waals surface area contributed by atoms with Crippen LogP contribution in [0.2, 0.25) is 0 Å². The van der Waals surface area contributed by atoms with Crippen molar-refractivity contribution in [2.24, 2.45) is 11.8 Å². The lowest BCUT2D eigenvalue weighted by atomic mass is 10.0. The minimum Gasteiger partial charge on any atom is -0.466 e. The molecule has 2 aliphatic rings. The van der Waals surface area contributed by atoms with Crippen LogP contribution in [0.15, 0.2) is 91.3 Å². The highest BCUT2D eigenvalue weighted by Crippen LogP contribution is 2.43. The average molecular weight is 543 g/mol. The molecule has 0 amide bonds. The van der Waals surface area contributed by atoms with E-state index in [1.54, 1.807) is 85.4 Å². The number of likely N-dealkylation sites (N-methyl/N-ethyl adjacent to an activating group) is 1. The van der Waals surface area contributed by atoms with Gasteiger partial charge in [-0.15, -0.1) is 0 Å². The number of nitrogens with zero attached hydrogens (tertiary/aromatic N) is 1. The van der Waals surface area contributed by atoms with Gasteiger partial charge in [-0.1, -0.05) is 68.7 Å². The monoisotopic (exact) mass is 542 g/mol. The third-order valence-electron chi connectivity index (χ3n) is 7.35. The molecular weight excluding hydrogens is 503 g/mol. The molecule has 0 unspecified atom stereocenters. The van der Waals surface area contributed by atoms with E-state index in [1.165, 1.54) is 37.3 Å². The van der Waals surface area contributed by atoms with Crippen molar-refractivity contribution in [3.63, 3.8) is 0 Å². The molecule has 5 nitrogen and oxygen atoms in total. The summed E-state index contributed by atoms with van der Waals surface area (Å²) in [7, 11) is 3.12. The Labute approximate surface area is 237 Å². The average Bonchev–Trinajstić information content (AvgIpc) is 3.63. The van der Waals surface area contributed by atoms with Crippen molar-refractivity contribution < 1.29 is 18.7 Å². The number of allylic oxidation sites excluding steroid dienone is 4. The molecule has 0 atom stereocenters. The number of ether oxygens (including phenoxy) is 1. The van der Waals surface area contributed by atoms with Gasteiger partial charge in [-0.05, 0) is 72.2 Å². The maximum Gasteiger partial charge on any atom is 0.330 e. The molecule has 2 aromatic carbocycles. The smallest absolute Gasteiger partial charge is 0.330 e. The second kappa shape index (κ2) is 16.1. The molecule has 2 saturated carbocycles. The number of methoxy groups -OCH3 is 1. The minimum absolute atomic E-state index is 0.146. The fourth-order valence-electron chi connectivity index (χ4n) is 5.19. The number of hydrogen-bond acceptors (Lipinski definition) is 5. The lowest BCUT2D eigenvalue weighted by Crippen LogP contribution is -2.16. The zero-order chi connectivity index (χ0) is 28.7. The molecule has 2 aliphatic carbocycles. The van der Waals surface area contributed by atoms with Crippen molar-refractivity contribution in [2.75, 3.05) is 19.1 Å². The van der Waals surface area contributed by atoms with Crippen LogP contribution >= 0.6 is 0 Å². The number of nitrogens with one attached hydrogen (secondary N) is 1. The first-order chi connectivity index (χ1) is 19.4. The normalized spacial score (nSPS) is 17.7. The topological polar surface area (TPSA) is 58.6 Å². The summed E-state index contributed by atoms with van der Waals surface area (Å²) >= 11 is 0. The predicted octanol–water partition coefficient (Wildman–Crippen LogP) is 6.95. The Hall–Kier alpha value is -4.15. The Morgan fingerprint density at radius 3 is 2.48 bits per heavy atom. The highest BCUT2D eigenvalue weighted by Gasteiger charge is 2.30. The number of halogens is 1. The Bertz CT molecular complexity index is 1270. The number of fused-ring (bicyclic) bond motifs is 2. The second-order valence-corrected chi connectivity index (χ2v) is 10.1. The number of esters is 1. The molecule has 0 saturated heterocycles. The van der Waals surface area contributed by atoms with Crippen molar-refractivity contribution in [1.29, 1.82) is 0 Å². The second-order valence-electron chi connectivity index (χ2n) is 10.1. The van der Waals surface area contributed by atoms with E-state index in [4.69, 9.17) is 0 Å². The van der Waals surface area contributed by atoms with Gasteiger partial charge < -0.3 is 15.0 Å². The van der Waals surface area contributed by atoms with E-state index < -0.39 is 5.97 Å². The first-order valence-corrected chi connectivity index (χ1v) is 13.7. The zero-order valence-electron chi connectivity index (χ0n) is 23.4. The van der Waals surface area contributed by atoms with Crippen molar-refractivity contribution in [2.45, 2.75) is 45.1 Å². The first kappa shape index (κ1) is 30.4. The van der Waals surface area contributed by atoms with Crippen LogP contribution in [0.4, 0.5) is 10.1 Å². The third-order valence-corrected chi connectivity index (χ3v) is 7.35. The molecule has 0 aromatic heterocycles. The molecule has 4 rings (SSSR count). The van der Waals surface area contributed by atoms with E-state index in [1.807, 2.05) is 31.3 Å². The molecule has 0 heterocycles. The summed E-state index contributed by atoms with van der Waals surface area (Å²) in [5, 5.41) is 3.04. The lowest BCUT2D eigenvalue weighted by Gasteiger charge is -2.20. The third kappa shape index (κ3) is 9.55. The van der Waals surface area contributed by atoms with Gasteiger partial charge in [0.2, 0.25) is 0 Å². The van der Waals surface area contributed by atoms with Gasteiger partial charge in [0.25, 0.3) is 0 Å². The molecular formula is C34H39FN2O3. The summed E-state index contributed by atoms with van der Waals surface area (Å²) in [4.78, 5) is 24.0. The highest BCUT2D eigenvalue weighted by atomic mass is 19.1. The van der Waals surface area contributed by atoms with Gasteiger partial charge in [-0.2, -0.15) is 0 Å². The fourth-order valence-corrected chi connectivity index (χ4v) is 5.19. The number of rotatable bonds is 11. The number of hydrogen-bond donors (Lipinski definition) is 1. The van der Waals surface area contributed by atoms with Crippen LogP contribution in [0.1, 0.15) is 48.8 Å². The van der Waals surface area contributed by atoms with Crippen LogP contribution < -0.4 is 10.2 Å². The molecule has 2 aromatic rings. The van der Waals surface area contributed by atoms with E-state index in [9.17, 15) is 14.0 Å². The predicted molar refractivity (Wildman–Crippen MR) is 161 cm³/mol. The summed E-state index contributed by atoms with van der Waals surface area (Å²) in [6, 6.07) is 12.2. The van der Waals surface area contributed by atoms with Gasteiger partial charge in [0.05, 0.1) is 19.9 Å². The van der Waals surface area contributed by atoms with Crippen molar-refractivity contribution >= 4 is 23.7 Å². The minimum atomic E-state index is -0.471. The summed E-state index contributed by atoms with van der Waals surface area (Å²) in [5.41, 5.74) is 3.56. The molecule has 210 valence electrons. The SMILES string of the molecule is C1CC2CCC1C2.C=C/C=C(\C=C/Cc1ccc(CN(C=C=O)c2cccc(/C=C/C(=O)OC)c2)c(F)c1)NC. The molecule has 6 heteroatoms. The number of carbonyl (C=O) groups excluding carboxylic acids is 2. The summed E-state index contributed by atoms with van der Waals surface area (Å²) in [6.45, 7) is 3.81. The molecule has 2 fully saturated rings. The van der Waals surface area contributed by atoms with Crippen molar-refractivity contribution in [3.8, 4) is 0 Å². The zero-order valence-corrected chi connectivity index (χ0v) is 23.4. The van der Waals surface area contributed by atoms with Gasteiger partial charge in [-0.3, -0.25) is 0 Å². The van der Waals surface area contributed by atoms with E-state index >= 15 is 0 Å². The maximum atomic E-state index is 14.8. The first-order valence-electron chi connectivity index (χ1n) is 13.7. The van der Waals surface area contributed by atoms with Gasteiger partial charge in [-0.25, -0.2) is 14.0 Å². The lowest BCUT2D eigenvalue weighted by molar-refractivity contribution is -0.134. The largest absolute Gasteiger partial charge is 0.466 e. The molecule has 40 heavy (non-hydrogen) atoms. The van der Waals surface area contributed by atoms with Crippen LogP contribution in [-0.2, 0) is 27.3 Å². The summed E-state index contributed by atoms with van der Waals surface area (Å²) in [6.07, 6.45) is 19.9. The standard InChI is InChI=1S/C27H27FN2O3.C7H12/c1-4-7-24(29-2)10-5-8-22-12-14-23(26(28)19-22)20-30(16-17-31)25-11-6-9-21(18-25)13-15-27(32)33-3;1-2-7-4-3-6(1)5-7/h4-7,9-16,18-19,29H,1,8,20H2,2-3H3;6-7H,1-5H2/b10-5-,15-13+,24-7+;. The molecule has 1 N–H and O–H groups in total. The molecule has 0 aliphatic heterocycles. The fraction of sp³-hybridized carbons (Fsp3) is 0.324. The number of benzene rings is 2. The highest BCUT2D eigenvalue weighted by molar-refractivity contribution is 5.87. The number of carbonyl (C=O) groups is 1. The summed E-state index contributed by atoms with van der Waals surface area (Å²) < 4.78 is 19.4. The van der Waals surface area contributed by atoms with E-state index in [2.05, 4.69) is 16.6 Å². The molecule has 0 radical (unpaired) electrons. The Balaban J connectivity index is 0.000000535. The van der Waals surface area contributed by atoms with E-state index in [-0.39, 0.29) is 12.4 Å². The molecule has 2 bridgehead atoms. The Morgan fingerprint density at radius 2 is 1.90 bits per heavy atom. The molecule has 0 spiro atoms. The number of anilines is 1. The van der Waals surface area contributed by atoms with Crippen molar-refractivity contribution in [1.82, 2.24) is 5.32 Å². The van der Waals surface area contributed by atoms with E-state index in [0.717, 1.165) is 16.8 Å². The quantitative estimate of drug-likeness (QED) is 0.144. The van der Waals surface area contributed by atoms with Crippen LogP contribution in [0.25, 0.3) is 6.08 Å². The van der Waals surface area contributed by atoms with Gasteiger partial charge in [0.15, 0.2) is 0 Å². The van der Waals surface area contributed by atoms with Crippen LogP contribution in [0.5, 0.6) is 0 Å². The van der Waals surface area contributed by atoms with Crippen LogP contribution in [-0.4, -0.2) is 26.1 Å². The van der Waals surface area contributed by atoms with Gasteiger partial charge in [0.1, 0.15) is 11.8 Å².